The van der Waals surface area contributed by atoms with Crippen LogP contribution in [0.2, 0.25) is 0 Å². The van der Waals surface area contributed by atoms with E-state index in [1.54, 1.807) is 11.3 Å². The number of piperidine rings is 1. The first-order chi connectivity index (χ1) is 7.31. The highest BCUT2D eigenvalue weighted by atomic mass is 32.1. The van der Waals surface area contributed by atoms with Crippen molar-refractivity contribution in [3.63, 3.8) is 0 Å². The summed E-state index contributed by atoms with van der Waals surface area (Å²) < 4.78 is 0. The van der Waals surface area contributed by atoms with Gasteiger partial charge in [-0.1, -0.05) is 0 Å². The van der Waals surface area contributed by atoms with Crippen molar-refractivity contribution < 1.29 is 0 Å². The number of hydrogen-bond acceptors (Lipinski definition) is 3. The summed E-state index contributed by atoms with van der Waals surface area (Å²) in [6.07, 6.45) is 2.54. The van der Waals surface area contributed by atoms with Crippen LogP contribution in [0.3, 0.4) is 0 Å². The van der Waals surface area contributed by atoms with E-state index in [-0.39, 0.29) is 0 Å². The molecule has 0 aromatic carbocycles. The van der Waals surface area contributed by atoms with Crippen molar-refractivity contribution in [3.8, 4) is 0 Å². The molecule has 1 unspecified atom stereocenters. The Balaban J connectivity index is 1.90. The molecule has 1 atom stereocenters. The van der Waals surface area contributed by atoms with Gasteiger partial charge in [-0.15, -0.1) is 0 Å². The maximum Gasteiger partial charge on any atom is 0.0328 e. The number of nitrogens with two attached hydrogens (primary N) is 1. The highest BCUT2D eigenvalue weighted by Gasteiger charge is 2.22. The van der Waals surface area contributed by atoms with E-state index in [0.717, 1.165) is 12.5 Å². The van der Waals surface area contributed by atoms with Crippen molar-refractivity contribution in [1.82, 2.24) is 4.90 Å². The summed E-state index contributed by atoms with van der Waals surface area (Å²) in [6.45, 7) is 5.59. The largest absolute Gasteiger partial charge is 0.330 e. The summed E-state index contributed by atoms with van der Waals surface area (Å²) in [5.74, 6) is 0.760. The third-order valence-corrected chi connectivity index (χ3v) is 4.26. The number of thiophene rings is 1. The van der Waals surface area contributed by atoms with Crippen LogP contribution in [0, 0.1) is 5.92 Å². The molecule has 1 saturated heterocycles. The van der Waals surface area contributed by atoms with Crippen molar-refractivity contribution in [2.75, 3.05) is 19.6 Å². The highest BCUT2D eigenvalue weighted by Crippen LogP contribution is 2.27. The van der Waals surface area contributed by atoms with E-state index in [4.69, 9.17) is 5.73 Å². The van der Waals surface area contributed by atoms with Crippen LogP contribution in [0.1, 0.15) is 31.4 Å². The average molecular weight is 224 g/mol. The monoisotopic (exact) mass is 224 g/mol. The predicted molar refractivity (Wildman–Crippen MR) is 66.1 cm³/mol. The Labute approximate surface area is 96.1 Å². The summed E-state index contributed by atoms with van der Waals surface area (Å²) in [5, 5.41) is 4.43. The fourth-order valence-corrected chi connectivity index (χ4v) is 3.05. The number of nitrogens with zero attached hydrogens (tertiary/aromatic N) is 1. The standard InChI is InChI=1S/C12H20N2S/c1-10(12-4-7-15-9-12)14-5-2-11(8-13)3-6-14/h4,7,9-11H,2-3,5-6,8,13H2,1H3. The van der Waals surface area contributed by atoms with Gasteiger partial charge < -0.3 is 5.73 Å². The third-order valence-electron chi connectivity index (χ3n) is 3.56. The minimum atomic E-state index is 0.579. The molecule has 0 saturated carbocycles. The molecule has 3 heteroatoms. The second-order valence-electron chi connectivity index (χ2n) is 4.45. The lowest BCUT2D eigenvalue weighted by Crippen LogP contribution is -2.37. The lowest BCUT2D eigenvalue weighted by molar-refractivity contribution is 0.144. The maximum absolute atomic E-state index is 5.70. The van der Waals surface area contributed by atoms with Crippen LogP contribution in [0.15, 0.2) is 16.8 Å². The van der Waals surface area contributed by atoms with Gasteiger partial charge in [-0.2, -0.15) is 11.3 Å². The van der Waals surface area contributed by atoms with Crippen molar-refractivity contribution in [2.45, 2.75) is 25.8 Å². The van der Waals surface area contributed by atoms with Crippen molar-refractivity contribution in [1.29, 1.82) is 0 Å². The van der Waals surface area contributed by atoms with E-state index < -0.39 is 0 Å². The summed E-state index contributed by atoms with van der Waals surface area (Å²) in [4.78, 5) is 2.58. The quantitative estimate of drug-likeness (QED) is 0.854. The first-order valence-electron chi connectivity index (χ1n) is 5.77. The maximum atomic E-state index is 5.70. The molecule has 0 spiro atoms. The van der Waals surface area contributed by atoms with Crippen molar-refractivity contribution in [2.24, 2.45) is 11.7 Å². The van der Waals surface area contributed by atoms with Crippen LogP contribution in [-0.4, -0.2) is 24.5 Å². The second kappa shape index (κ2) is 5.10. The zero-order valence-electron chi connectivity index (χ0n) is 9.36. The normalized spacial score (nSPS) is 21.7. The number of likely N-dealkylation sites (tertiary alicyclic amines) is 1. The van der Waals surface area contributed by atoms with E-state index in [0.29, 0.717) is 6.04 Å². The van der Waals surface area contributed by atoms with Gasteiger partial charge in [0.15, 0.2) is 0 Å². The molecule has 0 aliphatic carbocycles. The molecule has 2 rings (SSSR count). The minimum absolute atomic E-state index is 0.579. The number of rotatable bonds is 3. The summed E-state index contributed by atoms with van der Waals surface area (Å²) in [6, 6.07) is 2.82. The van der Waals surface area contributed by atoms with E-state index in [1.165, 1.54) is 31.5 Å². The smallest absolute Gasteiger partial charge is 0.0328 e. The Morgan fingerprint density at radius 1 is 1.53 bits per heavy atom. The van der Waals surface area contributed by atoms with Crippen LogP contribution < -0.4 is 5.73 Å². The summed E-state index contributed by atoms with van der Waals surface area (Å²) in [7, 11) is 0. The molecule has 1 aromatic heterocycles. The zero-order chi connectivity index (χ0) is 10.7. The van der Waals surface area contributed by atoms with Gasteiger partial charge in [-0.3, -0.25) is 4.90 Å². The Morgan fingerprint density at radius 2 is 2.27 bits per heavy atom. The Bertz CT molecular complexity index is 276. The zero-order valence-corrected chi connectivity index (χ0v) is 10.2. The molecule has 2 heterocycles. The van der Waals surface area contributed by atoms with E-state index in [2.05, 4.69) is 28.7 Å². The van der Waals surface area contributed by atoms with Gasteiger partial charge in [0.1, 0.15) is 0 Å². The fraction of sp³-hybridized carbons (Fsp3) is 0.667. The fourth-order valence-electron chi connectivity index (χ4n) is 2.30. The average Bonchev–Trinajstić information content (AvgIpc) is 2.82. The van der Waals surface area contributed by atoms with Gasteiger partial charge in [0.25, 0.3) is 0 Å². The molecular formula is C12H20N2S. The molecule has 84 valence electrons. The lowest BCUT2D eigenvalue weighted by atomic mass is 9.95. The van der Waals surface area contributed by atoms with E-state index in [9.17, 15) is 0 Å². The van der Waals surface area contributed by atoms with Gasteiger partial charge >= 0.3 is 0 Å². The second-order valence-corrected chi connectivity index (χ2v) is 5.23. The van der Waals surface area contributed by atoms with Crippen LogP contribution in [0.5, 0.6) is 0 Å². The summed E-state index contributed by atoms with van der Waals surface area (Å²) >= 11 is 1.79. The molecular weight excluding hydrogens is 204 g/mol. The minimum Gasteiger partial charge on any atom is -0.330 e. The molecule has 1 aliphatic heterocycles. The van der Waals surface area contributed by atoms with Crippen molar-refractivity contribution in [3.05, 3.63) is 22.4 Å². The van der Waals surface area contributed by atoms with Gasteiger partial charge in [-0.25, -0.2) is 0 Å². The Hall–Kier alpha value is -0.380. The van der Waals surface area contributed by atoms with Crippen LogP contribution in [0.25, 0.3) is 0 Å². The van der Waals surface area contributed by atoms with Gasteiger partial charge in [0.05, 0.1) is 0 Å². The van der Waals surface area contributed by atoms with E-state index >= 15 is 0 Å². The molecule has 0 bridgehead atoms. The molecule has 1 fully saturated rings. The molecule has 2 nitrogen and oxygen atoms in total. The van der Waals surface area contributed by atoms with Crippen LogP contribution in [-0.2, 0) is 0 Å². The van der Waals surface area contributed by atoms with Gasteiger partial charge in [0, 0.05) is 6.04 Å². The highest BCUT2D eigenvalue weighted by molar-refractivity contribution is 7.07. The first kappa shape index (κ1) is 11.1. The Kier molecular flexibility index (Phi) is 3.78. The van der Waals surface area contributed by atoms with E-state index in [1.807, 2.05) is 0 Å². The molecule has 0 amide bonds. The third kappa shape index (κ3) is 2.60. The molecule has 1 aliphatic rings. The van der Waals surface area contributed by atoms with Crippen LogP contribution >= 0.6 is 11.3 Å². The van der Waals surface area contributed by atoms with Gasteiger partial charge in [0.2, 0.25) is 0 Å². The molecule has 15 heavy (non-hydrogen) atoms. The summed E-state index contributed by atoms with van der Waals surface area (Å²) in [5.41, 5.74) is 7.17. The topological polar surface area (TPSA) is 29.3 Å². The lowest BCUT2D eigenvalue weighted by Gasteiger charge is -2.35. The SMILES string of the molecule is CC(c1ccsc1)N1CCC(CN)CC1. The molecule has 1 aromatic rings. The Morgan fingerprint density at radius 3 is 2.80 bits per heavy atom. The van der Waals surface area contributed by atoms with Crippen LogP contribution in [0.4, 0.5) is 0 Å². The molecule has 0 radical (unpaired) electrons. The molecule has 2 N–H and O–H groups in total. The predicted octanol–water partition coefficient (Wildman–Crippen LogP) is 2.48. The van der Waals surface area contributed by atoms with Crippen molar-refractivity contribution >= 4 is 11.3 Å². The first-order valence-corrected chi connectivity index (χ1v) is 6.71. The number of hydrogen-bond donors (Lipinski definition) is 1. The van der Waals surface area contributed by atoms with Gasteiger partial charge in [-0.05, 0) is 67.7 Å².